The van der Waals surface area contributed by atoms with Crippen molar-refractivity contribution < 1.29 is 4.74 Å². The molecular formula is C8H14N4O. The SMILES string of the molecule is Cn1cc(CNC2CCOC2)nn1. The van der Waals surface area contributed by atoms with Gasteiger partial charge in [0.2, 0.25) is 0 Å². The van der Waals surface area contributed by atoms with Crippen LogP contribution in [0.5, 0.6) is 0 Å². The third-order valence-electron chi connectivity index (χ3n) is 2.15. The predicted molar refractivity (Wildman–Crippen MR) is 47.1 cm³/mol. The summed E-state index contributed by atoms with van der Waals surface area (Å²) in [6, 6.07) is 0.488. The summed E-state index contributed by atoms with van der Waals surface area (Å²) >= 11 is 0. The van der Waals surface area contributed by atoms with Crippen LogP contribution in [-0.4, -0.2) is 34.2 Å². The number of aromatic nitrogens is 3. The van der Waals surface area contributed by atoms with Crippen molar-refractivity contribution in [1.82, 2.24) is 20.3 Å². The highest BCUT2D eigenvalue weighted by Gasteiger charge is 2.14. The van der Waals surface area contributed by atoms with E-state index in [4.69, 9.17) is 4.74 Å². The first kappa shape index (κ1) is 8.65. The van der Waals surface area contributed by atoms with Gasteiger partial charge in [-0.05, 0) is 6.42 Å². The molecule has 1 saturated heterocycles. The van der Waals surface area contributed by atoms with Gasteiger partial charge in [-0.2, -0.15) is 0 Å². The molecule has 2 rings (SSSR count). The van der Waals surface area contributed by atoms with Crippen molar-refractivity contribution in [3.63, 3.8) is 0 Å². The van der Waals surface area contributed by atoms with Gasteiger partial charge < -0.3 is 10.1 Å². The molecule has 2 heterocycles. The maximum Gasteiger partial charge on any atom is 0.0964 e. The minimum atomic E-state index is 0.488. The molecule has 0 bridgehead atoms. The number of ether oxygens (including phenoxy) is 1. The number of hydrogen-bond donors (Lipinski definition) is 1. The molecule has 0 saturated carbocycles. The van der Waals surface area contributed by atoms with Crippen molar-refractivity contribution in [3.05, 3.63) is 11.9 Å². The fourth-order valence-electron chi connectivity index (χ4n) is 1.42. The molecule has 1 fully saturated rings. The van der Waals surface area contributed by atoms with Crippen LogP contribution in [0.2, 0.25) is 0 Å². The second-order valence-electron chi connectivity index (χ2n) is 3.32. The van der Waals surface area contributed by atoms with E-state index in [1.165, 1.54) is 0 Å². The molecule has 5 nitrogen and oxygen atoms in total. The summed E-state index contributed by atoms with van der Waals surface area (Å²) in [5.74, 6) is 0. The Hall–Kier alpha value is -0.940. The number of hydrogen-bond acceptors (Lipinski definition) is 4. The van der Waals surface area contributed by atoms with E-state index in [0.717, 1.165) is 31.9 Å². The van der Waals surface area contributed by atoms with Crippen molar-refractivity contribution >= 4 is 0 Å². The lowest BCUT2D eigenvalue weighted by Gasteiger charge is -2.07. The number of nitrogens with one attached hydrogen (secondary N) is 1. The van der Waals surface area contributed by atoms with Gasteiger partial charge in [0.05, 0.1) is 12.3 Å². The minimum absolute atomic E-state index is 0.488. The molecule has 5 heteroatoms. The summed E-state index contributed by atoms with van der Waals surface area (Å²) in [5.41, 5.74) is 0.981. The lowest BCUT2D eigenvalue weighted by atomic mass is 10.2. The van der Waals surface area contributed by atoms with Crippen LogP contribution in [-0.2, 0) is 18.3 Å². The first-order valence-electron chi connectivity index (χ1n) is 4.51. The van der Waals surface area contributed by atoms with Crippen LogP contribution in [0.3, 0.4) is 0 Å². The summed E-state index contributed by atoms with van der Waals surface area (Å²) in [4.78, 5) is 0. The molecule has 1 atom stereocenters. The van der Waals surface area contributed by atoms with E-state index in [1.807, 2.05) is 13.2 Å². The molecule has 0 spiro atoms. The maximum absolute atomic E-state index is 5.25. The van der Waals surface area contributed by atoms with Gasteiger partial charge in [0, 0.05) is 32.4 Å². The Morgan fingerprint density at radius 2 is 2.69 bits per heavy atom. The van der Waals surface area contributed by atoms with E-state index < -0.39 is 0 Å². The molecule has 1 aliphatic rings. The molecule has 0 amide bonds. The van der Waals surface area contributed by atoms with Crippen molar-refractivity contribution in [2.45, 2.75) is 19.0 Å². The van der Waals surface area contributed by atoms with Crippen LogP contribution >= 0.6 is 0 Å². The molecular weight excluding hydrogens is 168 g/mol. The summed E-state index contributed by atoms with van der Waals surface area (Å²) in [6.07, 6.45) is 3.02. The molecule has 1 aliphatic heterocycles. The van der Waals surface area contributed by atoms with E-state index in [2.05, 4.69) is 15.6 Å². The second-order valence-corrected chi connectivity index (χ2v) is 3.32. The van der Waals surface area contributed by atoms with Gasteiger partial charge in [-0.15, -0.1) is 5.10 Å². The van der Waals surface area contributed by atoms with Gasteiger partial charge in [0.25, 0.3) is 0 Å². The highest BCUT2D eigenvalue weighted by atomic mass is 16.5. The zero-order chi connectivity index (χ0) is 9.10. The molecule has 0 radical (unpaired) electrons. The zero-order valence-corrected chi connectivity index (χ0v) is 7.73. The standard InChI is InChI=1S/C8H14N4O/c1-12-5-8(10-11-12)4-9-7-2-3-13-6-7/h5,7,9H,2-4,6H2,1H3. The summed E-state index contributed by atoms with van der Waals surface area (Å²) < 4.78 is 6.96. The second kappa shape index (κ2) is 3.85. The fourth-order valence-corrected chi connectivity index (χ4v) is 1.42. The Morgan fingerprint density at radius 1 is 1.77 bits per heavy atom. The van der Waals surface area contributed by atoms with E-state index in [1.54, 1.807) is 4.68 Å². The largest absolute Gasteiger partial charge is 0.380 e. The molecule has 13 heavy (non-hydrogen) atoms. The van der Waals surface area contributed by atoms with Gasteiger partial charge in [0.1, 0.15) is 0 Å². The summed E-state index contributed by atoms with van der Waals surface area (Å²) in [7, 11) is 1.87. The van der Waals surface area contributed by atoms with Crippen LogP contribution in [0.15, 0.2) is 6.20 Å². The summed E-state index contributed by atoms with van der Waals surface area (Å²) in [5, 5.41) is 11.2. The Kier molecular flexibility index (Phi) is 2.56. The van der Waals surface area contributed by atoms with Crippen molar-refractivity contribution in [2.24, 2.45) is 7.05 Å². The molecule has 72 valence electrons. The van der Waals surface area contributed by atoms with Crippen LogP contribution < -0.4 is 5.32 Å². The van der Waals surface area contributed by atoms with Gasteiger partial charge in [-0.1, -0.05) is 5.21 Å². The Balaban J connectivity index is 1.78. The van der Waals surface area contributed by atoms with Crippen molar-refractivity contribution in [2.75, 3.05) is 13.2 Å². The van der Waals surface area contributed by atoms with Crippen LogP contribution in [0, 0.1) is 0 Å². The van der Waals surface area contributed by atoms with Gasteiger partial charge in [0.15, 0.2) is 0 Å². The summed E-state index contributed by atoms with van der Waals surface area (Å²) in [6.45, 7) is 2.47. The quantitative estimate of drug-likeness (QED) is 0.697. The maximum atomic E-state index is 5.25. The molecule has 0 aliphatic carbocycles. The van der Waals surface area contributed by atoms with Crippen molar-refractivity contribution in [3.8, 4) is 0 Å². The average Bonchev–Trinajstić information content (AvgIpc) is 2.71. The highest BCUT2D eigenvalue weighted by molar-refractivity contribution is 4.91. The van der Waals surface area contributed by atoms with Crippen LogP contribution in [0.4, 0.5) is 0 Å². The average molecular weight is 182 g/mol. The zero-order valence-electron chi connectivity index (χ0n) is 7.73. The first-order valence-corrected chi connectivity index (χ1v) is 4.51. The number of nitrogens with zero attached hydrogens (tertiary/aromatic N) is 3. The molecule has 1 N–H and O–H groups in total. The third kappa shape index (κ3) is 2.26. The Bertz CT molecular complexity index is 267. The lowest BCUT2D eigenvalue weighted by molar-refractivity contribution is 0.189. The topological polar surface area (TPSA) is 52.0 Å². The van der Waals surface area contributed by atoms with Crippen LogP contribution in [0.25, 0.3) is 0 Å². The van der Waals surface area contributed by atoms with E-state index in [0.29, 0.717) is 6.04 Å². The normalized spacial score (nSPS) is 22.4. The van der Waals surface area contributed by atoms with E-state index in [-0.39, 0.29) is 0 Å². The number of rotatable bonds is 3. The fraction of sp³-hybridized carbons (Fsp3) is 0.750. The molecule has 1 unspecified atom stereocenters. The van der Waals surface area contributed by atoms with Crippen LogP contribution in [0.1, 0.15) is 12.1 Å². The predicted octanol–water partition coefficient (Wildman–Crippen LogP) is -0.306. The van der Waals surface area contributed by atoms with Gasteiger partial charge in [-0.25, -0.2) is 0 Å². The minimum Gasteiger partial charge on any atom is -0.380 e. The third-order valence-corrected chi connectivity index (χ3v) is 2.15. The highest BCUT2D eigenvalue weighted by Crippen LogP contribution is 2.03. The van der Waals surface area contributed by atoms with Crippen molar-refractivity contribution in [1.29, 1.82) is 0 Å². The van der Waals surface area contributed by atoms with E-state index >= 15 is 0 Å². The molecule has 1 aromatic rings. The monoisotopic (exact) mass is 182 g/mol. The number of aryl methyl sites for hydroxylation is 1. The van der Waals surface area contributed by atoms with E-state index in [9.17, 15) is 0 Å². The van der Waals surface area contributed by atoms with Gasteiger partial charge >= 0.3 is 0 Å². The smallest absolute Gasteiger partial charge is 0.0964 e. The Labute approximate surface area is 77.1 Å². The molecule has 1 aromatic heterocycles. The van der Waals surface area contributed by atoms with Gasteiger partial charge in [-0.3, -0.25) is 4.68 Å². The lowest BCUT2D eigenvalue weighted by Crippen LogP contribution is -2.28. The molecule has 0 aromatic carbocycles. The Morgan fingerprint density at radius 3 is 3.31 bits per heavy atom. The first-order chi connectivity index (χ1) is 6.34.